The van der Waals surface area contributed by atoms with Crippen molar-refractivity contribution >= 4 is 21.7 Å². The molecule has 0 spiro atoms. The van der Waals surface area contributed by atoms with Crippen LogP contribution in [0.5, 0.6) is 0 Å². The summed E-state index contributed by atoms with van der Waals surface area (Å²) in [5, 5.41) is 2.79. The van der Waals surface area contributed by atoms with Crippen LogP contribution in [0.1, 0.15) is 5.76 Å². The molecule has 0 amide bonds. The standard InChI is InChI=1S/C12H10FN3O3S/c13-8-3-4-10-11(6-8)20(17,18)16-12(15-10)14-7-9-2-1-5-19-9/h1-6H,7H2,(H2,14,15,16). The molecule has 8 heteroatoms. The van der Waals surface area contributed by atoms with E-state index in [1.807, 2.05) is 0 Å². The fourth-order valence-electron chi connectivity index (χ4n) is 1.79. The number of aliphatic imine (C=N–C) groups is 1. The van der Waals surface area contributed by atoms with E-state index in [0.717, 1.165) is 6.07 Å². The number of nitrogens with zero attached hydrogens (tertiary/aromatic N) is 1. The van der Waals surface area contributed by atoms with Crippen LogP contribution >= 0.6 is 0 Å². The van der Waals surface area contributed by atoms with Gasteiger partial charge in [0.1, 0.15) is 23.0 Å². The zero-order chi connectivity index (χ0) is 14.2. The zero-order valence-corrected chi connectivity index (χ0v) is 10.9. The first-order valence-electron chi connectivity index (χ1n) is 5.71. The zero-order valence-electron chi connectivity index (χ0n) is 10.1. The topological polar surface area (TPSA) is 83.7 Å². The first kappa shape index (κ1) is 12.7. The molecule has 0 saturated heterocycles. The van der Waals surface area contributed by atoms with Gasteiger partial charge in [-0.25, -0.2) is 22.5 Å². The summed E-state index contributed by atoms with van der Waals surface area (Å²) in [7, 11) is -3.82. The summed E-state index contributed by atoms with van der Waals surface area (Å²) in [6.07, 6.45) is 1.51. The van der Waals surface area contributed by atoms with Crippen molar-refractivity contribution < 1.29 is 17.2 Å². The van der Waals surface area contributed by atoms with Crippen LogP contribution in [0.25, 0.3) is 0 Å². The van der Waals surface area contributed by atoms with Gasteiger partial charge in [-0.3, -0.25) is 0 Å². The van der Waals surface area contributed by atoms with Gasteiger partial charge in [-0.1, -0.05) is 0 Å². The molecule has 1 aliphatic rings. The number of anilines is 1. The molecule has 1 aromatic carbocycles. The van der Waals surface area contributed by atoms with Crippen molar-refractivity contribution in [1.29, 1.82) is 0 Å². The monoisotopic (exact) mass is 295 g/mol. The van der Waals surface area contributed by atoms with Gasteiger partial charge in [0, 0.05) is 0 Å². The van der Waals surface area contributed by atoms with E-state index in [2.05, 4.69) is 15.0 Å². The highest BCUT2D eigenvalue weighted by atomic mass is 32.2. The predicted molar refractivity (Wildman–Crippen MR) is 70.2 cm³/mol. The molecule has 0 unspecified atom stereocenters. The minimum absolute atomic E-state index is 0.0699. The van der Waals surface area contributed by atoms with Crippen molar-refractivity contribution in [2.75, 3.05) is 5.32 Å². The maximum atomic E-state index is 13.1. The number of hydrogen-bond donors (Lipinski definition) is 2. The summed E-state index contributed by atoms with van der Waals surface area (Å²) in [5.74, 6) is 0.0517. The van der Waals surface area contributed by atoms with Crippen molar-refractivity contribution in [3.8, 4) is 0 Å². The molecule has 0 fully saturated rings. The summed E-state index contributed by atoms with van der Waals surface area (Å²) < 4.78 is 44.4. The summed E-state index contributed by atoms with van der Waals surface area (Å²) >= 11 is 0. The van der Waals surface area contributed by atoms with Crippen LogP contribution in [-0.4, -0.2) is 14.4 Å². The van der Waals surface area contributed by atoms with Crippen molar-refractivity contribution in [1.82, 2.24) is 4.72 Å². The number of sulfonamides is 1. The number of halogens is 1. The van der Waals surface area contributed by atoms with E-state index in [-0.39, 0.29) is 23.1 Å². The Labute approximate surface area is 114 Å². The molecule has 3 rings (SSSR count). The molecule has 0 saturated carbocycles. The van der Waals surface area contributed by atoms with Crippen LogP contribution < -0.4 is 10.0 Å². The van der Waals surface area contributed by atoms with Gasteiger partial charge in [-0.05, 0) is 30.3 Å². The Morgan fingerprint density at radius 2 is 2.15 bits per heavy atom. The molecular weight excluding hydrogens is 285 g/mol. The lowest BCUT2D eigenvalue weighted by molar-refractivity contribution is 0.512. The molecule has 104 valence electrons. The van der Waals surface area contributed by atoms with Crippen molar-refractivity contribution in [2.24, 2.45) is 4.99 Å². The molecule has 6 nitrogen and oxygen atoms in total. The minimum atomic E-state index is -3.82. The van der Waals surface area contributed by atoms with Gasteiger partial charge >= 0.3 is 0 Å². The molecule has 0 atom stereocenters. The average Bonchev–Trinajstić information content (AvgIpc) is 2.90. The van der Waals surface area contributed by atoms with Crippen LogP contribution in [0.3, 0.4) is 0 Å². The molecule has 1 aliphatic heterocycles. The first-order valence-corrected chi connectivity index (χ1v) is 7.19. The molecular formula is C12H10FN3O3S. The van der Waals surface area contributed by atoms with Gasteiger partial charge < -0.3 is 9.73 Å². The third kappa shape index (κ3) is 2.37. The Morgan fingerprint density at radius 3 is 2.90 bits per heavy atom. The molecule has 2 aromatic rings. The number of benzene rings is 1. The lowest BCUT2D eigenvalue weighted by atomic mass is 10.3. The number of nitrogens with one attached hydrogen (secondary N) is 2. The van der Waals surface area contributed by atoms with Crippen molar-refractivity contribution in [3.05, 3.63) is 48.2 Å². The molecule has 20 heavy (non-hydrogen) atoms. The highest BCUT2D eigenvalue weighted by molar-refractivity contribution is 7.90. The normalized spacial score (nSPS) is 18.1. The van der Waals surface area contributed by atoms with Crippen LogP contribution in [0.4, 0.5) is 10.1 Å². The van der Waals surface area contributed by atoms with Crippen LogP contribution in [0.15, 0.2) is 50.9 Å². The highest BCUT2D eigenvalue weighted by Crippen LogP contribution is 2.25. The Bertz CT molecular complexity index is 769. The molecule has 0 radical (unpaired) electrons. The maximum Gasteiger partial charge on any atom is 0.266 e. The van der Waals surface area contributed by atoms with E-state index in [1.54, 1.807) is 12.1 Å². The number of fused-ring (bicyclic) bond motifs is 1. The third-order valence-electron chi connectivity index (χ3n) is 2.69. The molecule has 2 N–H and O–H groups in total. The quantitative estimate of drug-likeness (QED) is 0.883. The van der Waals surface area contributed by atoms with Crippen molar-refractivity contribution in [3.63, 3.8) is 0 Å². The minimum Gasteiger partial charge on any atom is -0.467 e. The van der Waals surface area contributed by atoms with E-state index >= 15 is 0 Å². The Kier molecular flexibility index (Phi) is 2.94. The fraction of sp³-hybridized carbons (Fsp3) is 0.0833. The van der Waals surface area contributed by atoms with Gasteiger partial charge in [0.15, 0.2) is 0 Å². The van der Waals surface area contributed by atoms with Gasteiger partial charge in [-0.2, -0.15) is 0 Å². The van der Waals surface area contributed by atoms with E-state index < -0.39 is 15.8 Å². The number of furan rings is 1. The van der Waals surface area contributed by atoms with Gasteiger partial charge in [0.2, 0.25) is 5.96 Å². The fourth-order valence-corrected chi connectivity index (χ4v) is 2.94. The second-order valence-electron chi connectivity index (χ2n) is 4.12. The Morgan fingerprint density at radius 1 is 1.30 bits per heavy atom. The second-order valence-corrected chi connectivity index (χ2v) is 5.77. The summed E-state index contributed by atoms with van der Waals surface area (Å²) in [4.78, 5) is 3.93. The molecule has 2 heterocycles. The van der Waals surface area contributed by atoms with E-state index in [0.29, 0.717) is 5.76 Å². The number of guanidine groups is 1. The van der Waals surface area contributed by atoms with Crippen LogP contribution in [-0.2, 0) is 16.6 Å². The van der Waals surface area contributed by atoms with Gasteiger partial charge in [0.25, 0.3) is 10.0 Å². The molecule has 1 aromatic heterocycles. The molecule has 0 bridgehead atoms. The predicted octanol–water partition coefficient (Wildman–Crippen LogP) is 1.68. The summed E-state index contributed by atoms with van der Waals surface area (Å²) in [5.41, 5.74) is 0.281. The maximum absolute atomic E-state index is 13.1. The number of hydrogen-bond acceptors (Lipinski definition) is 4. The lowest BCUT2D eigenvalue weighted by Crippen LogP contribution is -2.40. The average molecular weight is 295 g/mol. The van der Waals surface area contributed by atoms with Crippen molar-refractivity contribution in [2.45, 2.75) is 11.4 Å². The van der Waals surface area contributed by atoms with Crippen LogP contribution in [0.2, 0.25) is 0 Å². The van der Waals surface area contributed by atoms with E-state index in [4.69, 9.17) is 4.42 Å². The second kappa shape index (κ2) is 4.64. The Hall–Kier alpha value is -2.35. The largest absolute Gasteiger partial charge is 0.467 e. The summed E-state index contributed by atoms with van der Waals surface area (Å²) in [6, 6.07) is 6.92. The molecule has 0 aliphatic carbocycles. The highest BCUT2D eigenvalue weighted by Gasteiger charge is 2.26. The lowest BCUT2D eigenvalue weighted by Gasteiger charge is -2.21. The SMILES string of the molecule is O=S1(=O)NC(=NCc2ccco2)Nc2ccc(F)cc21. The smallest absolute Gasteiger partial charge is 0.266 e. The summed E-state index contributed by atoms with van der Waals surface area (Å²) in [6.45, 7) is 0.189. The number of rotatable bonds is 2. The third-order valence-corrected chi connectivity index (χ3v) is 4.07. The van der Waals surface area contributed by atoms with Crippen LogP contribution in [0, 0.1) is 5.82 Å². The van der Waals surface area contributed by atoms with Gasteiger partial charge in [-0.15, -0.1) is 0 Å². The van der Waals surface area contributed by atoms with Gasteiger partial charge in [0.05, 0.1) is 12.0 Å². The Balaban J connectivity index is 1.92. The van der Waals surface area contributed by atoms with E-state index in [9.17, 15) is 12.8 Å². The van der Waals surface area contributed by atoms with E-state index in [1.165, 1.54) is 18.4 Å². The first-order chi connectivity index (χ1) is 9.54.